The Hall–Kier alpha value is -2.96. The first-order chi connectivity index (χ1) is 14.1. The van der Waals surface area contributed by atoms with Crippen LogP contribution in [0.3, 0.4) is 0 Å². The molecule has 1 aliphatic heterocycles. The van der Waals surface area contributed by atoms with Gasteiger partial charge in [0.15, 0.2) is 0 Å². The standard InChI is InChI=1S/C22H27N5O2/c1-16-20(17(2)29-24-16)14-22(28)27-12-7-6-10-19(27)11-13-26-15-21(23-25-26)18-8-4-3-5-9-18/h3-5,8-9,15,19H,6-7,10-14H2,1-2H3. The zero-order chi connectivity index (χ0) is 20.2. The number of piperidine rings is 1. The molecular weight excluding hydrogens is 366 g/mol. The molecule has 29 heavy (non-hydrogen) atoms. The number of rotatable bonds is 6. The SMILES string of the molecule is Cc1noc(C)c1CC(=O)N1CCCCC1CCn1cc(-c2ccccc2)nn1. The van der Waals surface area contributed by atoms with Gasteiger partial charge in [-0.25, -0.2) is 0 Å². The highest BCUT2D eigenvalue weighted by Crippen LogP contribution is 2.23. The van der Waals surface area contributed by atoms with Gasteiger partial charge in [0.25, 0.3) is 0 Å². The Labute approximate surface area is 170 Å². The fourth-order valence-electron chi connectivity index (χ4n) is 4.07. The molecule has 7 heteroatoms. The molecule has 0 aliphatic carbocycles. The van der Waals surface area contributed by atoms with E-state index >= 15 is 0 Å². The van der Waals surface area contributed by atoms with Crippen LogP contribution in [0.5, 0.6) is 0 Å². The first-order valence-corrected chi connectivity index (χ1v) is 10.3. The molecule has 152 valence electrons. The van der Waals surface area contributed by atoms with Crippen molar-refractivity contribution in [1.29, 1.82) is 0 Å². The Bertz CT molecular complexity index is 943. The van der Waals surface area contributed by atoms with Crippen molar-refractivity contribution >= 4 is 5.91 Å². The van der Waals surface area contributed by atoms with E-state index in [9.17, 15) is 4.79 Å². The van der Waals surface area contributed by atoms with E-state index in [-0.39, 0.29) is 11.9 Å². The lowest BCUT2D eigenvalue weighted by Gasteiger charge is -2.36. The van der Waals surface area contributed by atoms with Crippen LogP contribution in [0.25, 0.3) is 11.3 Å². The van der Waals surface area contributed by atoms with Crippen molar-refractivity contribution in [1.82, 2.24) is 25.1 Å². The summed E-state index contributed by atoms with van der Waals surface area (Å²) in [6.45, 7) is 5.33. The summed E-state index contributed by atoms with van der Waals surface area (Å²) in [5.41, 5.74) is 3.66. The zero-order valence-electron chi connectivity index (χ0n) is 17.0. The largest absolute Gasteiger partial charge is 0.361 e. The van der Waals surface area contributed by atoms with Crippen LogP contribution in [-0.2, 0) is 17.8 Å². The number of amides is 1. The molecule has 7 nitrogen and oxygen atoms in total. The fourth-order valence-corrected chi connectivity index (χ4v) is 4.07. The van der Waals surface area contributed by atoms with Crippen LogP contribution in [0.2, 0.25) is 0 Å². The number of carbonyl (C=O) groups is 1. The molecule has 0 spiro atoms. The number of likely N-dealkylation sites (tertiary alicyclic amines) is 1. The van der Waals surface area contributed by atoms with Gasteiger partial charge in [-0.15, -0.1) is 5.10 Å². The lowest BCUT2D eigenvalue weighted by molar-refractivity contribution is -0.134. The molecule has 3 heterocycles. The number of hydrogen-bond acceptors (Lipinski definition) is 5. The highest BCUT2D eigenvalue weighted by Gasteiger charge is 2.28. The van der Waals surface area contributed by atoms with Gasteiger partial charge >= 0.3 is 0 Å². The summed E-state index contributed by atoms with van der Waals surface area (Å²) >= 11 is 0. The first-order valence-electron chi connectivity index (χ1n) is 10.3. The van der Waals surface area contributed by atoms with E-state index in [4.69, 9.17) is 4.52 Å². The summed E-state index contributed by atoms with van der Waals surface area (Å²) in [6, 6.07) is 10.3. The summed E-state index contributed by atoms with van der Waals surface area (Å²) in [5.74, 6) is 0.896. The summed E-state index contributed by atoms with van der Waals surface area (Å²) in [7, 11) is 0. The summed E-state index contributed by atoms with van der Waals surface area (Å²) in [6.07, 6.45) is 6.48. The molecule has 1 fully saturated rings. The average molecular weight is 393 g/mol. The van der Waals surface area contributed by atoms with Crippen LogP contribution in [0.1, 0.15) is 42.7 Å². The molecule has 0 N–H and O–H groups in total. The van der Waals surface area contributed by atoms with E-state index in [1.54, 1.807) is 0 Å². The van der Waals surface area contributed by atoms with Crippen LogP contribution in [0.15, 0.2) is 41.1 Å². The van der Waals surface area contributed by atoms with Crippen LogP contribution < -0.4 is 0 Å². The van der Waals surface area contributed by atoms with Crippen molar-refractivity contribution in [2.75, 3.05) is 6.54 Å². The van der Waals surface area contributed by atoms with Crippen molar-refractivity contribution in [3.63, 3.8) is 0 Å². The lowest BCUT2D eigenvalue weighted by Crippen LogP contribution is -2.45. The van der Waals surface area contributed by atoms with Crippen molar-refractivity contribution in [2.24, 2.45) is 0 Å². The minimum Gasteiger partial charge on any atom is -0.361 e. The zero-order valence-corrected chi connectivity index (χ0v) is 17.0. The van der Waals surface area contributed by atoms with Gasteiger partial charge < -0.3 is 9.42 Å². The van der Waals surface area contributed by atoms with Gasteiger partial charge in [-0.2, -0.15) is 0 Å². The molecule has 1 aromatic carbocycles. The average Bonchev–Trinajstić information content (AvgIpc) is 3.35. The molecule has 0 saturated carbocycles. The normalized spacial score (nSPS) is 16.9. The third kappa shape index (κ3) is 4.39. The Kier molecular flexibility index (Phi) is 5.74. The van der Waals surface area contributed by atoms with Crippen LogP contribution in [-0.4, -0.2) is 43.5 Å². The molecule has 0 radical (unpaired) electrons. The quantitative estimate of drug-likeness (QED) is 0.640. The van der Waals surface area contributed by atoms with E-state index in [1.165, 1.54) is 0 Å². The predicted molar refractivity (Wildman–Crippen MR) is 109 cm³/mol. The molecule has 1 unspecified atom stereocenters. The van der Waals surface area contributed by atoms with Gasteiger partial charge in [0.2, 0.25) is 5.91 Å². The first kappa shape index (κ1) is 19.4. The van der Waals surface area contributed by atoms with Crippen molar-refractivity contribution in [3.8, 4) is 11.3 Å². The van der Waals surface area contributed by atoms with E-state index in [2.05, 4.69) is 15.5 Å². The Morgan fingerprint density at radius 2 is 2.03 bits per heavy atom. The number of benzene rings is 1. The molecule has 4 rings (SSSR count). The maximum absolute atomic E-state index is 13.0. The molecule has 1 amide bonds. The third-order valence-electron chi connectivity index (χ3n) is 5.76. The van der Waals surface area contributed by atoms with Gasteiger partial charge in [-0.1, -0.05) is 40.7 Å². The highest BCUT2D eigenvalue weighted by atomic mass is 16.5. The van der Waals surface area contributed by atoms with Gasteiger partial charge in [-0.3, -0.25) is 9.48 Å². The number of hydrogen-bond donors (Lipinski definition) is 0. The smallest absolute Gasteiger partial charge is 0.227 e. The monoisotopic (exact) mass is 393 g/mol. The van der Waals surface area contributed by atoms with E-state index in [0.29, 0.717) is 6.42 Å². The molecule has 1 aliphatic rings. The highest BCUT2D eigenvalue weighted by molar-refractivity contribution is 5.79. The summed E-state index contributed by atoms with van der Waals surface area (Å²) in [4.78, 5) is 15.0. The van der Waals surface area contributed by atoms with Crippen LogP contribution >= 0.6 is 0 Å². The number of aromatic nitrogens is 4. The fraction of sp³-hybridized carbons (Fsp3) is 0.455. The second kappa shape index (κ2) is 8.59. The van der Waals surface area contributed by atoms with Gasteiger partial charge in [0.05, 0.1) is 18.3 Å². The predicted octanol–water partition coefficient (Wildman–Crippen LogP) is 3.56. The van der Waals surface area contributed by atoms with Crippen LogP contribution in [0, 0.1) is 13.8 Å². The maximum atomic E-state index is 13.0. The van der Waals surface area contributed by atoms with Crippen LogP contribution in [0.4, 0.5) is 0 Å². The minimum absolute atomic E-state index is 0.160. The summed E-state index contributed by atoms with van der Waals surface area (Å²) < 4.78 is 7.10. The van der Waals surface area contributed by atoms with E-state index < -0.39 is 0 Å². The van der Waals surface area contributed by atoms with Gasteiger partial charge in [0.1, 0.15) is 11.5 Å². The lowest BCUT2D eigenvalue weighted by atomic mass is 9.98. The summed E-state index contributed by atoms with van der Waals surface area (Å²) in [5, 5.41) is 12.5. The number of aryl methyl sites for hydroxylation is 3. The second-order valence-corrected chi connectivity index (χ2v) is 7.74. The Morgan fingerprint density at radius 1 is 1.21 bits per heavy atom. The van der Waals surface area contributed by atoms with E-state index in [0.717, 1.165) is 67.0 Å². The van der Waals surface area contributed by atoms with Crippen molar-refractivity contribution in [2.45, 2.75) is 58.5 Å². The Morgan fingerprint density at radius 3 is 2.79 bits per heavy atom. The molecule has 3 aromatic rings. The molecule has 2 aromatic heterocycles. The Balaban J connectivity index is 1.39. The van der Waals surface area contributed by atoms with Gasteiger partial charge in [-0.05, 0) is 39.5 Å². The topological polar surface area (TPSA) is 77.0 Å². The van der Waals surface area contributed by atoms with Crippen molar-refractivity contribution in [3.05, 3.63) is 53.5 Å². The molecule has 1 atom stereocenters. The third-order valence-corrected chi connectivity index (χ3v) is 5.76. The van der Waals surface area contributed by atoms with E-state index in [1.807, 2.05) is 60.0 Å². The minimum atomic E-state index is 0.160. The number of carbonyl (C=O) groups excluding carboxylic acids is 1. The number of nitrogens with zero attached hydrogens (tertiary/aromatic N) is 5. The van der Waals surface area contributed by atoms with Gasteiger partial charge in [0, 0.05) is 30.3 Å². The second-order valence-electron chi connectivity index (χ2n) is 7.74. The molecular formula is C22H27N5O2. The maximum Gasteiger partial charge on any atom is 0.227 e. The molecule has 1 saturated heterocycles. The molecule has 0 bridgehead atoms. The van der Waals surface area contributed by atoms with Crippen molar-refractivity contribution < 1.29 is 9.32 Å².